The molecule has 3 fully saturated rings. The summed E-state index contributed by atoms with van der Waals surface area (Å²) >= 11 is 0. The number of alkyl halides is 2. The quantitative estimate of drug-likeness (QED) is 0.171. The summed E-state index contributed by atoms with van der Waals surface area (Å²) in [6, 6.07) is 2.99. The van der Waals surface area contributed by atoms with Crippen molar-refractivity contribution in [3.8, 4) is 17.5 Å². The lowest BCUT2D eigenvalue weighted by Crippen LogP contribution is -2.49. The molecule has 3 heterocycles. The maximum absolute atomic E-state index is 15.1. The normalized spacial score (nSPS) is 28.7. The molecule has 2 amide bonds. The van der Waals surface area contributed by atoms with Crippen LogP contribution in [0.3, 0.4) is 0 Å². The number of halogens is 3. The lowest BCUT2D eigenvalue weighted by atomic mass is 9.79. The number of nitrogens with one attached hydrogen (secondary N) is 1. The number of fused-ring (bicyclic) bond motifs is 3. The fourth-order valence-corrected chi connectivity index (χ4v) is 9.98. The van der Waals surface area contributed by atoms with Gasteiger partial charge in [0.05, 0.1) is 49.3 Å². The highest BCUT2D eigenvalue weighted by Gasteiger charge is 2.63. The summed E-state index contributed by atoms with van der Waals surface area (Å²) in [7, 11) is -1.33. The number of amides is 2. The van der Waals surface area contributed by atoms with Crippen LogP contribution in [0, 0.1) is 34.9 Å². The number of hydrogen-bond donors (Lipinski definition) is 1. The van der Waals surface area contributed by atoms with Gasteiger partial charge in [0.25, 0.3) is 5.92 Å². The summed E-state index contributed by atoms with van der Waals surface area (Å²) in [6.07, 6.45) is 5.06. The van der Waals surface area contributed by atoms with Gasteiger partial charge in [0, 0.05) is 31.2 Å². The number of ketones is 1. The number of pyridine rings is 1. The second-order valence-electron chi connectivity index (χ2n) is 18.4. The van der Waals surface area contributed by atoms with Crippen LogP contribution in [0.15, 0.2) is 30.4 Å². The third-order valence-electron chi connectivity index (χ3n) is 13.5. The van der Waals surface area contributed by atoms with Crippen molar-refractivity contribution in [1.29, 1.82) is 0 Å². The maximum Gasteiger partial charge on any atom is 0.307 e. The van der Waals surface area contributed by atoms with E-state index in [-0.39, 0.29) is 48.2 Å². The lowest BCUT2D eigenvalue weighted by molar-refractivity contribution is -0.197. The van der Waals surface area contributed by atoms with Crippen LogP contribution in [0.5, 0.6) is 17.5 Å². The van der Waals surface area contributed by atoms with Gasteiger partial charge in [0.2, 0.25) is 33.6 Å². The van der Waals surface area contributed by atoms with E-state index in [1.165, 1.54) is 31.3 Å². The van der Waals surface area contributed by atoms with Gasteiger partial charge in [-0.2, -0.15) is 4.98 Å². The van der Waals surface area contributed by atoms with Crippen molar-refractivity contribution in [1.82, 2.24) is 14.6 Å². The van der Waals surface area contributed by atoms with E-state index in [1.54, 1.807) is 13.0 Å². The highest BCUT2D eigenvalue weighted by atomic mass is 32.2. The predicted octanol–water partition coefficient (Wildman–Crippen LogP) is 7.09. The molecule has 2 aromatic rings. The minimum absolute atomic E-state index is 0.0321. The number of carbonyl (C=O) groups is 4. The first-order chi connectivity index (χ1) is 28.5. The molecule has 2 saturated carbocycles. The third kappa shape index (κ3) is 9.51. The van der Waals surface area contributed by atoms with Crippen LogP contribution in [0.4, 0.5) is 13.2 Å². The Hall–Kier alpha value is -4.41. The van der Waals surface area contributed by atoms with Gasteiger partial charge in [-0.25, -0.2) is 21.6 Å². The molecule has 0 spiro atoms. The van der Waals surface area contributed by atoms with Crippen molar-refractivity contribution in [2.24, 2.45) is 29.1 Å². The monoisotopic (exact) mass is 877 g/mol. The largest absolute Gasteiger partial charge is 0.494 e. The lowest BCUT2D eigenvalue weighted by Gasteiger charge is -2.35. The molecular formula is C44H58F3N3O10S. The van der Waals surface area contributed by atoms with Crippen LogP contribution >= 0.6 is 0 Å². The van der Waals surface area contributed by atoms with E-state index in [4.69, 9.17) is 18.9 Å². The van der Waals surface area contributed by atoms with Crippen molar-refractivity contribution in [2.45, 2.75) is 134 Å². The molecule has 4 aliphatic rings. The van der Waals surface area contributed by atoms with Crippen LogP contribution in [-0.2, 0) is 33.9 Å². The average molecular weight is 878 g/mol. The molecular weight excluding hydrogens is 820 g/mol. The van der Waals surface area contributed by atoms with Gasteiger partial charge in [-0.3, -0.25) is 23.9 Å². The standard InChI is InChI=1S/C44H58F3N3O10S/c1-9-26-16-25(2)12-10-11-13-28-22-44(28,40(54)49-61(55,56)42(5)14-15-42)23-34(51)33-19-29(24-50(33)39(53)31(26)21-37(52)60-41(3,4)43(6,46)47)59-38-30-20-32(45)35(57-7)17-27(30)18-36(48-38)58-8/h11,13,17-18,20,25-26,28-29,31,33H,9-10,12,14-16,19,21-24H2,1-8H3,(H,49,54)/b13-11-/t25-,26-,28-,29-,31+,33+,44-/m1/s1. The molecule has 13 nitrogen and oxygen atoms in total. The first-order valence-corrected chi connectivity index (χ1v) is 22.5. The number of carbonyl (C=O) groups excluding carboxylic acids is 4. The second-order valence-corrected chi connectivity index (χ2v) is 20.5. The smallest absolute Gasteiger partial charge is 0.307 e. The molecule has 6 rings (SSSR count). The van der Waals surface area contributed by atoms with Gasteiger partial charge in [0.1, 0.15) is 6.10 Å². The first kappa shape index (κ1) is 46.1. The molecule has 61 heavy (non-hydrogen) atoms. The highest BCUT2D eigenvalue weighted by Crippen LogP contribution is 2.58. The zero-order chi connectivity index (χ0) is 44.9. The number of esters is 1. The van der Waals surface area contributed by atoms with E-state index in [0.717, 1.165) is 13.8 Å². The van der Waals surface area contributed by atoms with Crippen LogP contribution in [0.1, 0.15) is 106 Å². The van der Waals surface area contributed by atoms with Crippen molar-refractivity contribution in [3.05, 3.63) is 36.2 Å². The number of hydrogen-bond acceptors (Lipinski definition) is 11. The van der Waals surface area contributed by atoms with Crippen LogP contribution < -0.4 is 18.9 Å². The topological polar surface area (TPSA) is 168 Å². The minimum atomic E-state index is -4.05. The molecule has 1 aromatic carbocycles. The van der Waals surface area contributed by atoms with E-state index in [0.29, 0.717) is 50.8 Å². The Kier molecular flexibility index (Phi) is 12.9. The summed E-state index contributed by atoms with van der Waals surface area (Å²) in [5.74, 6) is -8.86. The Morgan fingerprint density at radius 2 is 1.77 bits per heavy atom. The molecule has 17 heteroatoms. The van der Waals surface area contributed by atoms with Gasteiger partial charge in [-0.15, -0.1) is 0 Å². The van der Waals surface area contributed by atoms with Gasteiger partial charge in [-0.05, 0) is 94.6 Å². The van der Waals surface area contributed by atoms with Gasteiger partial charge in [-0.1, -0.05) is 32.4 Å². The Morgan fingerprint density at radius 3 is 2.39 bits per heavy atom. The molecule has 0 unspecified atom stereocenters. The number of rotatable bonds is 12. The number of nitrogens with zero attached hydrogens (tertiary/aromatic N) is 2. The number of aromatic nitrogens is 1. The average Bonchev–Trinajstić information content (AvgIpc) is 4.06. The van der Waals surface area contributed by atoms with Crippen molar-refractivity contribution < 1.29 is 59.7 Å². The summed E-state index contributed by atoms with van der Waals surface area (Å²) in [4.78, 5) is 63.3. The fraction of sp³-hybridized carbons (Fsp3) is 0.659. The zero-order valence-corrected chi connectivity index (χ0v) is 37.0. The van der Waals surface area contributed by atoms with E-state index in [2.05, 4.69) is 9.71 Å². The SMILES string of the molecule is CC[C@@H]1C[C@H](C)CC/C=C\[C@@H]2C[C@@]2(C(=O)NS(=O)(=O)C2(C)CC2)CC(=O)[C@@H]2C[C@@H](Oc3nc(OC)cc4cc(OC)c(F)cc34)CN2C(=O)[C@H]1CC(=O)OC(C)(C)C(C)(F)F. The van der Waals surface area contributed by atoms with Crippen LogP contribution in [-0.4, -0.2) is 91.0 Å². The zero-order valence-electron chi connectivity index (χ0n) is 36.1. The molecule has 1 saturated heterocycles. The molecule has 0 radical (unpaired) electrons. The molecule has 0 bridgehead atoms. The van der Waals surface area contributed by atoms with Crippen molar-refractivity contribution in [2.75, 3.05) is 20.8 Å². The summed E-state index contributed by atoms with van der Waals surface area (Å²) in [6.45, 7) is 8.09. The van der Waals surface area contributed by atoms with E-state index in [9.17, 15) is 31.6 Å². The number of benzene rings is 1. The number of methoxy groups -OCH3 is 2. The van der Waals surface area contributed by atoms with Crippen LogP contribution in [0.2, 0.25) is 0 Å². The summed E-state index contributed by atoms with van der Waals surface area (Å²) < 4.78 is 94.2. The van der Waals surface area contributed by atoms with Crippen molar-refractivity contribution >= 4 is 44.4 Å². The number of sulfonamides is 1. The molecule has 2 aliphatic heterocycles. The number of allylic oxidation sites excluding steroid dienone is 2. The maximum atomic E-state index is 15.1. The Labute approximate surface area is 355 Å². The summed E-state index contributed by atoms with van der Waals surface area (Å²) in [5, 5.41) is 0.723. The molecule has 2 aliphatic carbocycles. The molecule has 1 aromatic heterocycles. The molecule has 1 N–H and O–H groups in total. The number of Topliss-reactive ketones (excluding diaryl/α,β-unsaturated/α-hetero) is 1. The van der Waals surface area contributed by atoms with E-state index in [1.807, 2.05) is 26.0 Å². The predicted molar refractivity (Wildman–Crippen MR) is 219 cm³/mol. The van der Waals surface area contributed by atoms with Crippen molar-refractivity contribution in [3.63, 3.8) is 0 Å². The van der Waals surface area contributed by atoms with E-state index >= 15 is 9.18 Å². The Balaban J connectivity index is 1.40. The Bertz CT molecular complexity index is 2190. The first-order valence-electron chi connectivity index (χ1n) is 21.0. The van der Waals surface area contributed by atoms with Gasteiger partial charge in [0.15, 0.2) is 23.0 Å². The third-order valence-corrected chi connectivity index (χ3v) is 15.6. The molecule has 336 valence electrons. The van der Waals surface area contributed by atoms with Crippen LogP contribution in [0.25, 0.3) is 10.8 Å². The summed E-state index contributed by atoms with van der Waals surface area (Å²) in [5.41, 5.74) is -3.59. The minimum Gasteiger partial charge on any atom is -0.494 e. The van der Waals surface area contributed by atoms with Gasteiger partial charge < -0.3 is 23.8 Å². The Morgan fingerprint density at radius 1 is 1.07 bits per heavy atom. The van der Waals surface area contributed by atoms with Gasteiger partial charge >= 0.3 is 5.97 Å². The number of ether oxygens (including phenoxy) is 4. The molecule has 7 atom stereocenters. The fourth-order valence-electron chi connectivity index (χ4n) is 8.65. The van der Waals surface area contributed by atoms with E-state index < -0.39 is 104 Å². The highest BCUT2D eigenvalue weighted by molar-refractivity contribution is 7.91. The second kappa shape index (κ2) is 17.0.